The standard InChI is InChI=1S/C10H9BrClNO2/c11-3-4-13-8-5-7(12)1-2-9(8)15-6-10(13)14/h1-2,5H,3-4,6H2. The van der Waals surface area contributed by atoms with Gasteiger partial charge in [0.2, 0.25) is 0 Å². The Morgan fingerprint density at radius 2 is 2.33 bits per heavy atom. The number of fused-ring (bicyclic) bond motifs is 1. The van der Waals surface area contributed by atoms with Crippen molar-refractivity contribution in [1.29, 1.82) is 0 Å². The number of rotatable bonds is 2. The number of benzene rings is 1. The van der Waals surface area contributed by atoms with E-state index in [1.54, 1.807) is 23.1 Å². The van der Waals surface area contributed by atoms with Crippen molar-refractivity contribution in [2.24, 2.45) is 0 Å². The first-order valence-corrected chi connectivity index (χ1v) is 6.01. The largest absolute Gasteiger partial charge is 0.482 e. The zero-order chi connectivity index (χ0) is 10.8. The summed E-state index contributed by atoms with van der Waals surface area (Å²) < 4.78 is 5.30. The Morgan fingerprint density at radius 3 is 3.07 bits per heavy atom. The molecule has 1 aliphatic rings. The third-order valence-corrected chi connectivity index (χ3v) is 2.76. The molecule has 1 aromatic rings. The molecule has 3 nitrogen and oxygen atoms in total. The van der Waals surface area contributed by atoms with Crippen LogP contribution in [0.4, 0.5) is 5.69 Å². The van der Waals surface area contributed by atoms with Gasteiger partial charge in [0.05, 0.1) is 5.69 Å². The van der Waals surface area contributed by atoms with Crippen molar-refractivity contribution in [1.82, 2.24) is 0 Å². The van der Waals surface area contributed by atoms with Crippen molar-refractivity contribution in [3.8, 4) is 5.75 Å². The van der Waals surface area contributed by atoms with Crippen LogP contribution < -0.4 is 9.64 Å². The Balaban J connectivity index is 2.41. The number of nitrogens with zero attached hydrogens (tertiary/aromatic N) is 1. The minimum Gasteiger partial charge on any atom is -0.482 e. The summed E-state index contributed by atoms with van der Waals surface area (Å²) in [5.41, 5.74) is 0.748. The van der Waals surface area contributed by atoms with Crippen molar-refractivity contribution in [3.05, 3.63) is 23.2 Å². The second-order valence-electron chi connectivity index (χ2n) is 3.14. The van der Waals surface area contributed by atoms with Gasteiger partial charge >= 0.3 is 0 Å². The summed E-state index contributed by atoms with van der Waals surface area (Å²) in [5, 5.41) is 1.33. The molecule has 0 unspecified atom stereocenters. The Kier molecular flexibility index (Phi) is 3.17. The molecule has 1 amide bonds. The van der Waals surface area contributed by atoms with Crippen molar-refractivity contribution in [2.45, 2.75) is 0 Å². The average Bonchev–Trinajstić information content (AvgIpc) is 2.23. The Hall–Kier alpha value is -0.740. The van der Waals surface area contributed by atoms with Crippen molar-refractivity contribution < 1.29 is 9.53 Å². The lowest BCUT2D eigenvalue weighted by Gasteiger charge is -2.28. The highest BCUT2D eigenvalue weighted by Gasteiger charge is 2.24. The normalized spacial score (nSPS) is 14.8. The average molecular weight is 291 g/mol. The second kappa shape index (κ2) is 4.41. The maximum atomic E-state index is 11.6. The summed E-state index contributed by atoms with van der Waals surface area (Å²) in [5.74, 6) is 0.671. The first-order chi connectivity index (χ1) is 7.22. The molecule has 0 bridgehead atoms. The molecule has 0 saturated heterocycles. The quantitative estimate of drug-likeness (QED) is 0.783. The van der Waals surface area contributed by atoms with Gasteiger partial charge in [0.1, 0.15) is 5.75 Å². The molecule has 2 rings (SSSR count). The van der Waals surface area contributed by atoms with Gasteiger partial charge in [-0.2, -0.15) is 0 Å². The Labute approximate surface area is 101 Å². The fourth-order valence-electron chi connectivity index (χ4n) is 1.50. The highest BCUT2D eigenvalue weighted by Crippen LogP contribution is 2.34. The highest BCUT2D eigenvalue weighted by molar-refractivity contribution is 9.09. The Morgan fingerprint density at radius 1 is 1.53 bits per heavy atom. The fraction of sp³-hybridized carbons (Fsp3) is 0.300. The van der Waals surface area contributed by atoms with Gasteiger partial charge in [-0.05, 0) is 18.2 Å². The van der Waals surface area contributed by atoms with E-state index in [0.717, 1.165) is 11.0 Å². The molecule has 0 aromatic heterocycles. The first-order valence-electron chi connectivity index (χ1n) is 4.51. The molecule has 1 aromatic carbocycles. The molecule has 5 heteroatoms. The molecule has 0 N–H and O–H groups in total. The lowest BCUT2D eigenvalue weighted by atomic mass is 10.2. The van der Waals surface area contributed by atoms with E-state index in [2.05, 4.69) is 15.9 Å². The number of ether oxygens (including phenoxy) is 1. The van der Waals surface area contributed by atoms with E-state index < -0.39 is 0 Å². The van der Waals surface area contributed by atoms with Crippen LogP contribution in [-0.4, -0.2) is 24.4 Å². The summed E-state index contributed by atoms with van der Waals surface area (Å²) in [6, 6.07) is 5.28. The van der Waals surface area contributed by atoms with Crippen LogP contribution in [0.5, 0.6) is 5.75 Å². The van der Waals surface area contributed by atoms with Crippen LogP contribution in [0.15, 0.2) is 18.2 Å². The monoisotopic (exact) mass is 289 g/mol. The highest BCUT2D eigenvalue weighted by atomic mass is 79.9. The summed E-state index contributed by atoms with van der Waals surface area (Å²) in [7, 11) is 0. The van der Waals surface area contributed by atoms with E-state index in [1.165, 1.54) is 0 Å². The minimum atomic E-state index is -0.0378. The summed E-state index contributed by atoms with van der Waals surface area (Å²) in [6.07, 6.45) is 0. The number of carbonyl (C=O) groups excluding carboxylic acids is 1. The third-order valence-electron chi connectivity index (χ3n) is 2.17. The predicted octanol–water partition coefficient (Wildman–Crippen LogP) is 2.46. The number of alkyl halides is 1. The molecular weight excluding hydrogens is 281 g/mol. The van der Waals surface area contributed by atoms with Gasteiger partial charge < -0.3 is 9.64 Å². The molecule has 15 heavy (non-hydrogen) atoms. The summed E-state index contributed by atoms with van der Waals surface area (Å²) in [6.45, 7) is 0.719. The Bertz CT molecular complexity index is 397. The predicted molar refractivity (Wildman–Crippen MR) is 63.1 cm³/mol. The van der Waals surface area contributed by atoms with Gasteiger partial charge in [-0.15, -0.1) is 0 Å². The lowest BCUT2D eigenvalue weighted by molar-refractivity contribution is -0.121. The number of carbonyl (C=O) groups is 1. The van der Waals surface area contributed by atoms with Crippen LogP contribution in [0, 0.1) is 0 Å². The zero-order valence-corrected chi connectivity index (χ0v) is 10.2. The number of amides is 1. The van der Waals surface area contributed by atoms with Crippen molar-refractivity contribution in [3.63, 3.8) is 0 Å². The summed E-state index contributed by atoms with van der Waals surface area (Å²) >= 11 is 9.20. The van der Waals surface area contributed by atoms with E-state index in [9.17, 15) is 4.79 Å². The lowest BCUT2D eigenvalue weighted by Crippen LogP contribution is -2.39. The first kappa shape index (κ1) is 10.8. The molecule has 0 aliphatic carbocycles. The third kappa shape index (κ3) is 2.11. The van der Waals surface area contributed by atoms with E-state index >= 15 is 0 Å². The van der Waals surface area contributed by atoms with E-state index in [0.29, 0.717) is 17.3 Å². The smallest absolute Gasteiger partial charge is 0.265 e. The number of hydrogen-bond donors (Lipinski definition) is 0. The SMILES string of the molecule is O=C1COc2ccc(Cl)cc2N1CCBr. The van der Waals surface area contributed by atoms with Crippen LogP contribution in [0.3, 0.4) is 0 Å². The van der Waals surface area contributed by atoms with Gasteiger partial charge in [-0.1, -0.05) is 27.5 Å². The van der Waals surface area contributed by atoms with Crippen LogP contribution in [0.2, 0.25) is 5.02 Å². The van der Waals surface area contributed by atoms with Gasteiger partial charge in [0, 0.05) is 16.9 Å². The van der Waals surface area contributed by atoms with Gasteiger partial charge in [0.15, 0.2) is 6.61 Å². The number of halogens is 2. The molecule has 0 saturated carbocycles. The molecule has 0 atom stereocenters. The van der Waals surface area contributed by atoms with E-state index in [1.807, 2.05) is 0 Å². The van der Waals surface area contributed by atoms with Crippen LogP contribution in [-0.2, 0) is 4.79 Å². The van der Waals surface area contributed by atoms with Crippen LogP contribution in [0.1, 0.15) is 0 Å². The number of anilines is 1. The zero-order valence-electron chi connectivity index (χ0n) is 7.87. The topological polar surface area (TPSA) is 29.5 Å². The van der Waals surface area contributed by atoms with E-state index in [-0.39, 0.29) is 12.5 Å². The van der Waals surface area contributed by atoms with Gasteiger partial charge in [-0.25, -0.2) is 0 Å². The maximum absolute atomic E-state index is 11.6. The maximum Gasteiger partial charge on any atom is 0.265 e. The molecule has 1 heterocycles. The summed E-state index contributed by atoms with van der Waals surface area (Å²) in [4.78, 5) is 13.3. The van der Waals surface area contributed by atoms with Crippen molar-refractivity contribution >= 4 is 39.1 Å². The van der Waals surface area contributed by atoms with Gasteiger partial charge in [0.25, 0.3) is 5.91 Å². The molecular formula is C10H9BrClNO2. The van der Waals surface area contributed by atoms with Gasteiger partial charge in [-0.3, -0.25) is 4.79 Å². The van der Waals surface area contributed by atoms with Crippen molar-refractivity contribution in [2.75, 3.05) is 23.4 Å². The second-order valence-corrected chi connectivity index (χ2v) is 4.36. The minimum absolute atomic E-state index is 0.0378. The number of hydrogen-bond acceptors (Lipinski definition) is 2. The van der Waals surface area contributed by atoms with Crippen LogP contribution in [0.25, 0.3) is 0 Å². The molecule has 0 radical (unpaired) electrons. The fourth-order valence-corrected chi connectivity index (χ4v) is 2.03. The molecule has 0 fully saturated rings. The van der Waals surface area contributed by atoms with Crippen LogP contribution >= 0.6 is 27.5 Å². The molecule has 0 spiro atoms. The molecule has 80 valence electrons. The van der Waals surface area contributed by atoms with E-state index in [4.69, 9.17) is 16.3 Å². The molecule has 1 aliphatic heterocycles.